The van der Waals surface area contributed by atoms with E-state index in [4.69, 9.17) is 15.2 Å². The molecule has 0 aliphatic carbocycles. The molecule has 1 aromatic carbocycles. The third kappa shape index (κ3) is 2.60. The predicted molar refractivity (Wildman–Crippen MR) is 83.4 cm³/mol. The molecule has 1 aromatic heterocycles. The molecule has 5 heteroatoms. The highest BCUT2D eigenvalue weighted by atomic mass is 16.5. The van der Waals surface area contributed by atoms with Crippen LogP contribution in [0.3, 0.4) is 0 Å². The molecule has 1 fully saturated rings. The van der Waals surface area contributed by atoms with Crippen molar-refractivity contribution >= 4 is 16.6 Å². The van der Waals surface area contributed by atoms with Gasteiger partial charge in [0.15, 0.2) is 0 Å². The van der Waals surface area contributed by atoms with Gasteiger partial charge in [0.25, 0.3) is 0 Å². The first-order chi connectivity index (χ1) is 10.3. The van der Waals surface area contributed by atoms with E-state index in [0.717, 1.165) is 35.4 Å². The van der Waals surface area contributed by atoms with Crippen molar-refractivity contribution in [3.8, 4) is 0 Å². The number of rotatable bonds is 4. The summed E-state index contributed by atoms with van der Waals surface area (Å²) in [5, 5.41) is 1.14. The van der Waals surface area contributed by atoms with Gasteiger partial charge in [0.05, 0.1) is 11.2 Å². The van der Waals surface area contributed by atoms with Gasteiger partial charge in [0.2, 0.25) is 0 Å². The van der Waals surface area contributed by atoms with Crippen LogP contribution in [0.5, 0.6) is 0 Å². The second kappa shape index (κ2) is 5.97. The number of benzene rings is 1. The first-order valence-electron chi connectivity index (χ1n) is 7.16. The topological polar surface area (TPSA) is 60.6 Å². The van der Waals surface area contributed by atoms with Gasteiger partial charge < -0.3 is 20.1 Å². The minimum atomic E-state index is 0.0863. The Balaban J connectivity index is 2.03. The van der Waals surface area contributed by atoms with Gasteiger partial charge in [-0.05, 0) is 12.1 Å². The number of nitrogens with two attached hydrogens (primary N) is 1. The van der Waals surface area contributed by atoms with Crippen LogP contribution >= 0.6 is 0 Å². The molecule has 112 valence electrons. The van der Waals surface area contributed by atoms with E-state index < -0.39 is 0 Å². The van der Waals surface area contributed by atoms with E-state index in [1.165, 1.54) is 0 Å². The lowest BCUT2D eigenvalue weighted by atomic mass is 10.1. The summed E-state index contributed by atoms with van der Waals surface area (Å²) in [6.45, 7) is 2.06. The maximum Gasteiger partial charge on any atom is 0.102 e. The van der Waals surface area contributed by atoms with E-state index in [1.54, 1.807) is 14.2 Å². The summed E-state index contributed by atoms with van der Waals surface area (Å²) >= 11 is 0. The Morgan fingerprint density at radius 3 is 2.48 bits per heavy atom. The second-order valence-corrected chi connectivity index (χ2v) is 5.31. The van der Waals surface area contributed by atoms with Crippen LogP contribution in [0, 0.1) is 0 Å². The molecule has 1 saturated heterocycles. The zero-order valence-corrected chi connectivity index (χ0v) is 12.5. The molecule has 2 unspecified atom stereocenters. The zero-order valence-electron chi connectivity index (χ0n) is 12.5. The summed E-state index contributed by atoms with van der Waals surface area (Å²) < 4.78 is 11.1. The molecular formula is C16H21N3O2. The first-order valence-corrected chi connectivity index (χ1v) is 7.16. The Kier molecular flexibility index (Phi) is 4.05. The molecular weight excluding hydrogens is 266 g/mol. The number of hydrogen-bond donors (Lipinski definition) is 1. The fourth-order valence-corrected chi connectivity index (χ4v) is 2.97. The van der Waals surface area contributed by atoms with Gasteiger partial charge in [-0.2, -0.15) is 0 Å². The maximum atomic E-state index is 5.78. The van der Waals surface area contributed by atoms with E-state index in [-0.39, 0.29) is 12.2 Å². The molecule has 1 aliphatic rings. The Morgan fingerprint density at radius 2 is 1.86 bits per heavy atom. The molecule has 0 saturated carbocycles. The van der Waals surface area contributed by atoms with Crippen molar-refractivity contribution < 1.29 is 9.47 Å². The number of pyridine rings is 1. The molecule has 2 heterocycles. The summed E-state index contributed by atoms with van der Waals surface area (Å²) in [7, 11) is 3.46. The van der Waals surface area contributed by atoms with Gasteiger partial charge in [-0.15, -0.1) is 0 Å². The average Bonchev–Trinajstić information content (AvgIpc) is 2.96. The van der Waals surface area contributed by atoms with Gasteiger partial charge in [-0.1, -0.05) is 18.2 Å². The molecule has 0 spiro atoms. The number of aromatic nitrogens is 1. The highest BCUT2D eigenvalue weighted by Crippen LogP contribution is 2.30. The van der Waals surface area contributed by atoms with Crippen LogP contribution in [0.15, 0.2) is 30.3 Å². The van der Waals surface area contributed by atoms with E-state index in [1.807, 2.05) is 18.2 Å². The van der Waals surface area contributed by atoms with Crippen molar-refractivity contribution in [1.82, 2.24) is 4.98 Å². The van der Waals surface area contributed by atoms with Crippen LogP contribution in [0.2, 0.25) is 0 Å². The van der Waals surface area contributed by atoms with Crippen molar-refractivity contribution in [2.24, 2.45) is 5.73 Å². The van der Waals surface area contributed by atoms with E-state index >= 15 is 0 Å². The van der Waals surface area contributed by atoms with Crippen LogP contribution in [-0.4, -0.2) is 44.5 Å². The van der Waals surface area contributed by atoms with Gasteiger partial charge in [-0.25, -0.2) is 0 Å². The van der Waals surface area contributed by atoms with Crippen molar-refractivity contribution in [1.29, 1.82) is 0 Å². The summed E-state index contributed by atoms with van der Waals surface area (Å²) in [6, 6.07) is 10.2. The molecule has 0 bridgehead atoms. The molecule has 2 atom stereocenters. The van der Waals surface area contributed by atoms with Crippen LogP contribution < -0.4 is 10.6 Å². The number of para-hydroxylation sites is 1. The third-order valence-electron chi connectivity index (χ3n) is 4.12. The fourth-order valence-electron chi connectivity index (χ4n) is 2.97. The van der Waals surface area contributed by atoms with Crippen LogP contribution in [-0.2, 0) is 16.0 Å². The van der Waals surface area contributed by atoms with Gasteiger partial charge in [-0.3, -0.25) is 4.98 Å². The van der Waals surface area contributed by atoms with Crippen molar-refractivity contribution in [3.63, 3.8) is 0 Å². The number of methoxy groups -OCH3 is 2. The standard InChI is InChI=1S/C16H21N3O2/c1-20-15-9-19(10-16(15)21-2)14-7-11(8-17)18-13-6-4-3-5-12(13)14/h3-7,15-16H,8-10,17H2,1-2H3. The van der Waals surface area contributed by atoms with E-state index in [2.05, 4.69) is 22.0 Å². The Morgan fingerprint density at radius 1 is 1.19 bits per heavy atom. The molecule has 0 amide bonds. The lowest BCUT2D eigenvalue weighted by Crippen LogP contribution is -2.27. The summed E-state index contributed by atoms with van der Waals surface area (Å²) in [5.41, 5.74) is 8.82. The lowest BCUT2D eigenvalue weighted by Gasteiger charge is -2.21. The van der Waals surface area contributed by atoms with Gasteiger partial charge in [0, 0.05) is 44.9 Å². The lowest BCUT2D eigenvalue weighted by molar-refractivity contribution is -0.00461. The molecule has 2 N–H and O–H groups in total. The SMILES string of the molecule is COC1CN(c2cc(CN)nc3ccccc23)CC1OC. The highest BCUT2D eigenvalue weighted by molar-refractivity contribution is 5.92. The Hall–Kier alpha value is -1.69. The number of hydrogen-bond acceptors (Lipinski definition) is 5. The molecule has 2 aromatic rings. The van der Waals surface area contributed by atoms with Crippen molar-refractivity contribution in [2.45, 2.75) is 18.8 Å². The molecule has 21 heavy (non-hydrogen) atoms. The van der Waals surface area contributed by atoms with E-state index in [9.17, 15) is 0 Å². The van der Waals surface area contributed by atoms with Crippen LogP contribution in [0.25, 0.3) is 10.9 Å². The normalized spacial score (nSPS) is 22.1. The Labute approximate surface area is 124 Å². The predicted octanol–water partition coefficient (Wildman–Crippen LogP) is 1.54. The minimum Gasteiger partial charge on any atom is -0.377 e. The average molecular weight is 287 g/mol. The largest absolute Gasteiger partial charge is 0.377 e. The smallest absolute Gasteiger partial charge is 0.102 e. The third-order valence-corrected chi connectivity index (χ3v) is 4.12. The first kappa shape index (κ1) is 14.3. The van der Waals surface area contributed by atoms with Crippen molar-refractivity contribution in [2.75, 3.05) is 32.2 Å². The fraction of sp³-hybridized carbons (Fsp3) is 0.438. The summed E-state index contributed by atoms with van der Waals surface area (Å²) in [5.74, 6) is 0. The molecule has 0 radical (unpaired) electrons. The number of anilines is 1. The van der Waals surface area contributed by atoms with E-state index in [0.29, 0.717) is 6.54 Å². The second-order valence-electron chi connectivity index (χ2n) is 5.31. The molecule has 1 aliphatic heterocycles. The van der Waals surface area contributed by atoms with Crippen molar-refractivity contribution in [3.05, 3.63) is 36.0 Å². The van der Waals surface area contributed by atoms with Gasteiger partial charge in [0.1, 0.15) is 12.2 Å². The number of ether oxygens (including phenoxy) is 2. The summed E-state index contributed by atoms with van der Waals surface area (Å²) in [4.78, 5) is 6.89. The van der Waals surface area contributed by atoms with Crippen LogP contribution in [0.4, 0.5) is 5.69 Å². The highest BCUT2D eigenvalue weighted by Gasteiger charge is 2.33. The number of fused-ring (bicyclic) bond motifs is 1. The Bertz CT molecular complexity index is 620. The van der Waals surface area contributed by atoms with Crippen LogP contribution in [0.1, 0.15) is 5.69 Å². The number of nitrogens with zero attached hydrogens (tertiary/aromatic N) is 2. The quantitative estimate of drug-likeness (QED) is 0.924. The monoisotopic (exact) mass is 287 g/mol. The minimum absolute atomic E-state index is 0.0863. The van der Waals surface area contributed by atoms with Gasteiger partial charge >= 0.3 is 0 Å². The zero-order chi connectivity index (χ0) is 14.8. The molecule has 3 rings (SSSR count). The summed E-state index contributed by atoms with van der Waals surface area (Å²) in [6.07, 6.45) is 0.173. The maximum absolute atomic E-state index is 5.78. The molecule has 5 nitrogen and oxygen atoms in total.